The lowest BCUT2D eigenvalue weighted by Crippen LogP contribution is -2.51. The van der Waals surface area contributed by atoms with E-state index < -0.39 is 22.8 Å². The number of hydrogen-bond acceptors (Lipinski definition) is 8. The molecule has 0 spiro atoms. The first-order valence-electron chi connectivity index (χ1n) is 11.0. The molecular weight excluding hydrogens is 436 g/mol. The Bertz CT molecular complexity index is 714. The number of esters is 1. The molecule has 1 rings (SSSR count). The van der Waals surface area contributed by atoms with Gasteiger partial charge in [-0.25, -0.2) is 19.9 Å². The molecule has 1 heterocycles. The number of piperidine rings is 1. The second kappa shape index (κ2) is 13.4. The average Bonchev–Trinajstić information content (AvgIpc) is 2.68. The zero-order valence-corrected chi connectivity index (χ0v) is 19.8. The molecule has 1 aliphatic heterocycles. The third kappa shape index (κ3) is 12.5. The number of likely N-dealkylation sites (tertiary alicyclic amines) is 1. The summed E-state index contributed by atoms with van der Waals surface area (Å²) < 4.78 is 10.3. The lowest BCUT2D eigenvalue weighted by Gasteiger charge is -2.34. The van der Waals surface area contributed by atoms with Crippen LogP contribution in [0.15, 0.2) is 4.99 Å². The number of guanidine groups is 1. The maximum atomic E-state index is 13.1. The van der Waals surface area contributed by atoms with E-state index in [9.17, 15) is 24.5 Å². The van der Waals surface area contributed by atoms with Crippen molar-refractivity contribution in [1.82, 2.24) is 15.6 Å². The van der Waals surface area contributed by atoms with E-state index in [0.717, 1.165) is 19.3 Å². The predicted octanol–water partition coefficient (Wildman–Crippen LogP) is 0.948. The van der Waals surface area contributed by atoms with Crippen LogP contribution in [0.5, 0.6) is 0 Å². The molecule has 0 unspecified atom stereocenters. The van der Waals surface area contributed by atoms with Gasteiger partial charge in [0.1, 0.15) is 11.6 Å². The van der Waals surface area contributed by atoms with Crippen molar-refractivity contribution in [2.24, 2.45) is 16.6 Å². The van der Waals surface area contributed by atoms with Gasteiger partial charge in [0.25, 0.3) is 5.96 Å². The van der Waals surface area contributed by atoms with Crippen molar-refractivity contribution in [1.29, 1.82) is 0 Å². The van der Waals surface area contributed by atoms with E-state index >= 15 is 0 Å². The fourth-order valence-electron chi connectivity index (χ4n) is 3.36. The standard InChI is InChI=1S/C20H36N6O7/c1-14(27)32-13-9-15-7-11-25(12-8-15)17(28)16(23-19(29)33-20(2,3)4)6-5-10-22-18(21)24-26(30)31/h15-16H,5-13H2,1-4H3,(H,23,29)(H3,21,22,24)/t16-/m0/s1. The van der Waals surface area contributed by atoms with Gasteiger partial charge in [-0.1, -0.05) is 5.43 Å². The molecule has 0 aromatic carbocycles. The molecule has 0 saturated carbocycles. The Kier molecular flexibility index (Phi) is 11.4. The van der Waals surface area contributed by atoms with Gasteiger partial charge in [0.2, 0.25) is 5.91 Å². The summed E-state index contributed by atoms with van der Waals surface area (Å²) in [7, 11) is 0. The zero-order chi connectivity index (χ0) is 25.0. The largest absolute Gasteiger partial charge is 0.466 e. The number of aliphatic imine (C=N–C) groups is 1. The summed E-state index contributed by atoms with van der Waals surface area (Å²) in [6, 6.07) is -0.822. The molecule has 33 heavy (non-hydrogen) atoms. The van der Waals surface area contributed by atoms with Gasteiger partial charge in [-0.2, -0.15) is 0 Å². The molecule has 2 amide bonds. The van der Waals surface area contributed by atoms with Gasteiger partial charge in [0, 0.05) is 26.6 Å². The van der Waals surface area contributed by atoms with Crippen LogP contribution in [-0.2, 0) is 19.1 Å². The summed E-state index contributed by atoms with van der Waals surface area (Å²) in [5.41, 5.74) is 6.42. The molecule has 1 fully saturated rings. The number of nitro groups is 1. The number of nitrogens with zero attached hydrogens (tertiary/aromatic N) is 3. The van der Waals surface area contributed by atoms with Crippen LogP contribution in [0.2, 0.25) is 0 Å². The van der Waals surface area contributed by atoms with E-state index in [1.54, 1.807) is 31.1 Å². The first-order chi connectivity index (χ1) is 15.4. The summed E-state index contributed by atoms with van der Waals surface area (Å²) in [6.07, 6.45) is 2.23. The molecule has 1 saturated heterocycles. The molecule has 0 aromatic rings. The molecule has 0 radical (unpaired) electrons. The molecule has 188 valence electrons. The molecule has 1 atom stereocenters. The molecule has 0 aromatic heterocycles. The van der Waals surface area contributed by atoms with E-state index in [1.165, 1.54) is 6.92 Å². The minimum atomic E-state index is -0.822. The number of carbonyl (C=O) groups excluding carboxylic acids is 3. The number of amides is 2. The van der Waals surface area contributed by atoms with Gasteiger partial charge in [-0.05, 0) is 58.8 Å². The van der Waals surface area contributed by atoms with Crippen LogP contribution in [0.4, 0.5) is 4.79 Å². The smallest absolute Gasteiger partial charge is 0.408 e. The number of ether oxygens (including phenoxy) is 2. The number of nitrogens with one attached hydrogen (secondary N) is 2. The van der Waals surface area contributed by atoms with E-state index in [2.05, 4.69) is 10.3 Å². The van der Waals surface area contributed by atoms with Gasteiger partial charge in [0.15, 0.2) is 5.03 Å². The SMILES string of the molecule is CC(=O)OCCC1CCN(C(=O)[C@H](CCCN=C(N)N[N+](=O)[O-])NC(=O)OC(C)(C)C)CC1. The van der Waals surface area contributed by atoms with Gasteiger partial charge >= 0.3 is 12.1 Å². The van der Waals surface area contributed by atoms with Gasteiger partial charge in [0.05, 0.1) is 6.61 Å². The van der Waals surface area contributed by atoms with E-state index in [-0.39, 0.29) is 30.8 Å². The number of alkyl carbamates (subject to hydrolysis) is 1. The van der Waals surface area contributed by atoms with Gasteiger partial charge in [-0.15, -0.1) is 0 Å². The minimum absolute atomic E-state index is 0.144. The monoisotopic (exact) mass is 472 g/mol. The number of carbonyl (C=O) groups is 3. The Morgan fingerprint density at radius 2 is 1.91 bits per heavy atom. The zero-order valence-electron chi connectivity index (χ0n) is 19.8. The first kappa shape index (κ1) is 27.9. The minimum Gasteiger partial charge on any atom is -0.466 e. The summed E-state index contributed by atoms with van der Waals surface area (Å²) in [5, 5.41) is 12.2. The number of hydrogen-bond donors (Lipinski definition) is 3. The van der Waals surface area contributed by atoms with Crippen molar-refractivity contribution in [3.8, 4) is 0 Å². The number of rotatable bonds is 10. The third-order valence-corrected chi connectivity index (χ3v) is 4.89. The maximum absolute atomic E-state index is 13.1. The quantitative estimate of drug-likeness (QED) is 0.104. The third-order valence-electron chi connectivity index (χ3n) is 4.89. The van der Waals surface area contributed by atoms with E-state index in [0.29, 0.717) is 32.0 Å². The first-order valence-corrected chi connectivity index (χ1v) is 11.0. The van der Waals surface area contributed by atoms with Crippen LogP contribution in [0.25, 0.3) is 0 Å². The Morgan fingerprint density at radius 1 is 1.27 bits per heavy atom. The lowest BCUT2D eigenvalue weighted by atomic mass is 9.93. The van der Waals surface area contributed by atoms with Crippen molar-refractivity contribution in [2.45, 2.75) is 71.4 Å². The Morgan fingerprint density at radius 3 is 2.45 bits per heavy atom. The molecule has 13 nitrogen and oxygen atoms in total. The van der Waals surface area contributed by atoms with Crippen LogP contribution >= 0.6 is 0 Å². The number of nitrogens with two attached hydrogens (primary N) is 1. The topological polar surface area (TPSA) is 178 Å². The van der Waals surface area contributed by atoms with Crippen molar-refractivity contribution in [3.63, 3.8) is 0 Å². The molecule has 0 aliphatic carbocycles. The summed E-state index contributed by atoms with van der Waals surface area (Å²) in [4.78, 5) is 52.2. The lowest BCUT2D eigenvalue weighted by molar-refractivity contribution is -0.525. The normalized spacial score (nSPS) is 16.0. The van der Waals surface area contributed by atoms with Crippen LogP contribution in [0.3, 0.4) is 0 Å². The van der Waals surface area contributed by atoms with Crippen LogP contribution < -0.4 is 16.5 Å². The Hall–Kier alpha value is -3.12. The summed E-state index contributed by atoms with van der Waals surface area (Å²) in [6.45, 7) is 8.13. The summed E-state index contributed by atoms with van der Waals surface area (Å²) in [5.74, 6) is -0.505. The van der Waals surface area contributed by atoms with Crippen molar-refractivity contribution in [3.05, 3.63) is 10.1 Å². The highest BCUT2D eigenvalue weighted by Gasteiger charge is 2.30. The Labute approximate surface area is 193 Å². The second-order valence-electron chi connectivity index (χ2n) is 8.87. The summed E-state index contributed by atoms with van der Waals surface area (Å²) >= 11 is 0. The highest BCUT2D eigenvalue weighted by molar-refractivity contribution is 5.85. The maximum Gasteiger partial charge on any atom is 0.408 e. The van der Waals surface area contributed by atoms with E-state index in [4.69, 9.17) is 15.2 Å². The fraction of sp³-hybridized carbons (Fsp3) is 0.800. The highest BCUT2D eigenvalue weighted by atomic mass is 16.7. The molecule has 1 aliphatic rings. The second-order valence-corrected chi connectivity index (χ2v) is 8.87. The average molecular weight is 473 g/mol. The molecule has 13 heteroatoms. The van der Waals surface area contributed by atoms with Crippen molar-refractivity contribution >= 4 is 23.9 Å². The van der Waals surface area contributed by atoms with Gasteiger partial charge < -0.3 is 25.4 Å². The van der Waals surface area contributed by atoms with Crippen molar-refractivity contribution in [2.75, 3.05) is 26.2 Å². The van der Waals surface area contributed by atoms with Crippen LogP contribution in [0.1, 0.15) is 59.8 Å². The van der Waals surface area contributed by atoms with Crippen LogP contribution in [0, 0.1) is 16.0 Å². The van der Waals surface area contributed by atoms with Crippen LogP contribution in [-0.4, -0.2) is 71.7 Å². The van der Waals surface area contributed by atoms with Crippen molar-refractivity contribution < 1.29 is 28.9 Å². The Balaban J connectivity index is 2.66. The number of hydrazine groups is 1. The highest BCUT2D eigenvalue weighted by Crippen LogP contribution is 2.21. The predicted molar refractivity (Wildman–Crippen MR) is 120 cm³/mol. The molecule has 0 bridgehead atoms. The van der Waals surface area contributed by atoms with Gasteiger partial charge in [-0.3, -0.25) is 9.59 Å². The fourth-order valence-corrected chi connectivity index (χ4v) is 3.36. The van der Waals surface area contributed by atoms with E-state index in [1.807, 2.05) is 0 Å². The molecule has 4 N–H and O–H groups in total. The molecular formula is C20H36N6O7.